The van der Waals surface area contributed by atoms with Gasteiger partial charge in [0.25, 0.3) is 5.91 Å². The molecule has 6 rings (SSSR count). The number of esters is 2. The van der Waals surface area contributed by atoms with Crippen LogP contribution in [0.15, 0.2) is 54.6 Å². The molecule has 1 amide bonds. The summed E-state index contributed by atoms with van der Waals surface area (Å²) in [5, 5.41) is 3.97. The molecular formula is C33H33N3O5S. The number of rotatable bonds is 7. The molecule has 8 nitrogen and oxygen atoms in total. The molecule has 1 aliphatic heterocycles. The van der Waals surface area contributed by atoms with Crippen molar-refractivity contribution in [3.8, 4) is 0 Å². The van der Waals surface area contributed by atoms with Crippen molar-refractivity contribution in [2.24, 2.45) is 5.92 Å². The van der Waals surface area contributed by atoms with E-state index in [4.69, 9.17) is 14.5 Å². The Morgan fingerprint density at radius 3 is 2.60 bits per heavy atom. The molecule has 1 aliphatic carbocycles. The van der Waals surface area contributed by atoms with Crippen molar-refractivity contribution < 1.29 is 23.9 Å². The van der Waals surface area contributed by atoms with Crippen molar-refractivity contribution in [3.63, 3.8) is 0 Å². The Hall–Kier alpha value is -4.08. The molecule has 0 bridgehead atoms. The zero-order valence-electron chi connectivity index (χ0n) is 23.8. The van der Waals surface area contributed by atoms with Crippen molar-refractivity contribution >= 4 is 45.1 Å². The number of para-hydroxylation sites is 1. The zero-order valence-corrected chi connectivity index (χ0v) is 24.6. The van der Waals surface area contributed by atoms with Crippen molar-refractivity contribution in [3.05, 3.63) is 93.0 Å². The van der Waals surface area contributed by atoms with E-state index in [1.807, 2.05) is 42.5 Å². The fourth-order valence-electron chi connectivity index (χ4n) is 5.98. The number of anilines is 1. The first-order chi connectivity index (χ1) is 20.4. The number of benzene rings is 2. The number of methoxy groups -OCH3 is 1. The highest BCUT2D eigenvalue weighted by Gasteiger charge is 2.30. The summed E-state index contributed by atoms with van der Waals surface area (Å²) in [7, 11) is 1.34. The first-order valence-corrected chi connectivity index (χ1v) is 15.1. The van der Waals surface area contributed by atoms with Gasteiger partial charge < -0.3 is 14.8 Å². The minimum Gasteiger partial charge on any atom is -0.465 e. The van der Waals surface area contributed by atoms with Gasteiger partial charge in [0.1, 0.15) is 5.00 Å². The van der Waals surface area contributed by atoms with Crippen LogP contribution in [-0.2, 0) is 46.6 Å². The third-order valence-electron chi connectivity index (χ3n) is 8.07. The molecule has 0 saturated carbocycles. The monoisotopic (exact) mass is 583 g/mol. The van der Waals surface area contributed by atoms with Gasteiger partial charge in [0.2, 0.25) is 0 Å². The molecule has 1 N–H and O–H groups in total. The number of nitrogens with one attached hydrogen (secondary N) is 1. The van der Waals surface area contributed by atoms with Crippen molar-refractivity contribution in [1.82, 2.24) is 9.88 Å². The van der Waals surface area contributed by atoms with Crippen LogP contribution in [0, 0.1) is 5.92 Å². The molecule has 2 aliphatic rings. The molecule has 1 unspecified atom stereocenters. The van der Waals surface area contributed by atoms with Gasteiger partial charge in [-0.3, -0.25) is 14.7 Å². The molecule has 2 aromatic heterocycles. The molecule has 0 saturated heterocycles. The van der Waals surface area contributed by atoms with Crippen LogP contribution in [0.1, 0.15) is 61.3 Å². The van der Waals surface area contributed by atoms with Gasteiger partial charge >= 0.3 is 11.9 Å². The second kappa shape index (κ2) is 12.0. The number of ether oxygens (including phenoxy) is 2. The number of thiophene rings is 1. The highest BCUT2D eigenvalue weighted by Crippen LogP contribution is 2.40. The first kappa shape index (κ1) is 28.1. The third kappa shape index (κ3) is 5.67. The number of amides is 1. The van der Waals surface area contributed by atoms with E-state index in [-0.39, 0.29) is 0 Å². The van der Waals surface area contributed by atoms with Crippen molar-refractivity contribution in [2.75, 3.05) is 25.6 Å². The smallest absolute Gasteiger partial charge is 0.341 e. The quantitative estimate of drug-likeness (QED) is 0.285. The second-order valence-electron chi connectivity index (χ2n) is 11.0. The SMILES string of the molecule is COC(=O)c1c(NC(=O)COC(=O)c2c3c(nc4ccccc24)CCN(Cc2ccccc2)C3)sc2c1CCC(C)C2. The zero-order chi connectivity index (χ0) is 29.2. The predicted octanol–water partition coefficient (Wildman–Crippen LogP) is 5.56. The Morgan fingerprint density at radius 1 is 1.00 bits per heavy atom. The second-order valence-corrected chi connectivity index (χ2v) is 12.2. The van der Waals surface area contributed by atoms with Crippen LogP contribution in [-0.4, -0.2) is 48.0 Å². The van der Waals surface area contributed by atoms with Gasteiger partial charge in [-0.1, -0.05) is 55.5 Å². The lowest BCUT2D eigenvalue weighted by Gasteiger charge is -2.30. The largest absolute Gasteiger partial charge is 0.465 e. The van der Waals surface area contributed by atoms with Crippen LogP contribution in [0.3, 0.4) is 0 Å². The lowest BCUT2D eigenvalue weighted by Crippen LogP contribution is -2.32. The number of nitrogens with zero attached hydrogens (tertiary/aromatic N) is 2. The molecule has 0 radical (unpaired) electrons. The maximum absolute atomic E-state index is 13.6. The van der Waals surface area contributed by atoms with E-state index in [0.717, 1.165) is 59.6 Å². The van der Waals surface area contributed by atoms with E-state index in [2.05, 4.69) is 29.3 Å². The van der Waals surface area contributed by atoms with E-state index >= 15 is 0 Å². The minimum atomic E-state index is -0.561. The topological polar surface area (TPSA) is 97.8 Å². The maximum Gasteiger partial charge on any atom is 0.341 e. The van der Waals surface area contributed by atoms with Crippen molar-refractivity contribution in [1.29, 1.82) is 0 Å². The first-order valence-electron chi connectivity index (χ1n) is 14.3. The van der Waals surface area contributed by atoms with Crippen LogP contribution < -0.4 is 5.32 Å². The summed E-state index contributed by atoms with van der Waals surface area (Å²) >= 11 is 1.40. The number of hydrogen-bond donors (Lipinski definition) is 1. The molecule has 1 atom stereocenters. The van der Waals surface area contributed by atoms with E-state index in [0.29, 0.717) is 40.4 Å². The van der Waals surface area contributed by atoms with Crippen LogP contribution in [0.4, 0.5) is 5.00 Å². The Labute approximate surface area is 248 Å². The average molecular weight is 584 g/mol. The summed E-state index contributed by atoms with van der Waals surface area (Å²) in [6.45, 7) is 3.85. The summed E-state index contributed by atoms with van der Waals surface area (Å²) in [6.07, 6.45) is 3.32. The highest BCUT2D eigenvalue weighted by molar-refractivity contribution is 7.17. The summed E-state index contributed by atoms with van der Waals surface area (Å²) in [5.41, 5.74) is 5.47. The van der Waals surface area contributed by atoms with Gasteiger partial charge in [-0.05, 0) is 42.4 Å². The Balaban J connectivity index is 1.22. The van der Waals surface area contributed by atoms with Gasteiger partial charge in [-0.15, -0.1) is 11.3 Å². The number of hydrogen-bond acceptors (Lipinski definition) is 8. The van der Waals surface area contributed by atoms with Crippen LogP contribution in [0.2, 0.25) is 0 Å². The lowest BCUT2D eigenvalue weighted by molar-refractivity contribution is -0.119. The van der Waals surface area contributed by atoms with Gasteiger partial charge in [0.15, 0.2) is 6.61 Å². The Kier molecular flexibility index (Phi) is 8.04. The van der Waals surface area contributed by atoms with E-state index in [9.17, 15) is 14.4 Å². The summed E-state index contributed by atoms with van der Waals surface area (Å²) in [4.78, 5) is 47.6. The molecule has 9 heteroatoms. The van der Waals surface area contributed by atoms with Crippen LogP contribution in [0.5, 0.6) is 0 Å². The van der Waals surface area contributed by atoms with E-state index in [1.165, 1.54) is 24.0 Å². The molecule has 0 fully saturated rings. The highest BCUT2D eigenvalue weighted by atomic mass is 32.1. The standard InChI is InChI=1S/C33H33N3O5S/c1-20-12-13-23-27(16-20)42-31(30(23)32(38)40-2)35-28(37)19-41-33(39)29-22-10-6-7-11-25(22)34-26-14-15-36(18-24(26)29)17-21-8-4-3-5-9-21/h3-11,20H,12-19H2,1-2H3,(H,35,37). The number of fused-ring (bicyclic) bond motifs is 3. The molecule has 4 aromatic rings. The van der Waals surface area contributed by atoms with E-state index < -0.39 is 24.5 Å². The Morgan fingerprint density at radius 2 is 1.79 bits per heavy atom. The number of carbonyl (C=O) groups is 3. The molecule has 42 heavy (non-hydrogen) atoms. The normalized spacial score (nSPS) is 16.4. The number of carbonyl (C=O) groups excluding carboxylic acids is 3. The molecule has 2 aromatic carbocycles. The van der Waals surface area contributed by atoms with E-state index in [1.54, 1.807) is 0 Å². The number of pyridine rings is 1. The fraction of sp³-hybridized carbons (Fsp3) is 0.333. The van der Waals surface area contributed by atoms with Gasteiger partial charge in [-0.2, -0.15) is 0 Å². The Bertz CT molecular complexity index is 1670. The van der Waals surface area contributed by atoms with Crippen LogP contribution in [0.25, 0.3) is 10.9 Å². The van der Waals surface area contributed by atoms with Gasteiger partial charge in [-0.25, -0.2) is 9.59 Å². The minimum absolute atomic E-state index is 0.414. The molecular weight excluding hydrogens is 550 g/mol. The summed E-state index contributed by atoms with van der Waals surface area (Å²) in [5.74, 6) is -1.02. The average Bonchev–Trinajstić information content (AvgIpc) is 3.35. The third-order valence-corrected chi connectivity index (χ3v) is 9.24. The summed E-state index contributed by atoms with van der Waals surface area (Å²) in [6, 6.07) is 17.8. The summed E-state index contributed by atoms with van der Waals surface area (Å²) < 4.78 is 10.7. The molecule has 3 heterocycles. The number of aromatic nitrogens is 1. The molecule has 0 spiro atoms. The van der Waals surface area contributed by atoms with Gasteiger partial charge in [0, 0.05) is 47.6 Å². The molecule has 216 valence electrons. The fourth-order valence-corrected chi connectivity index (χ4v) is 7.39. The predicted molar refractivity (Wildman–Crippen MR) is 162 cm³/mol. The van der Waals surface area contributed by atoms with Crippen molar-refractivity contribution in [2.45, 2.75) is 45.7 Å². The lowest BCUT2D eigenvalue weighted by atomic mass is 9.88. The maximum atomic E-state index is 13.6. The van der Waals surface area contributed by atoms with Gasteiger partial charge in [0.05, 0.1) is 23.8 Å². The van der Waals surface area contributed by atoms with Crippen LogP contribution >= 0.6 is 11.3 Å².